The maximum atomic E-state index is 13.5. The first-order chi connectivity index (χ1) is 9.79. The van der Waals surface area contributed by atoms with E-state index < -0.39 is 21.9 Å². The van der Waals surface area contributed by atoms with E-state index in [2.05, 4.69) is 20.7 Å². The van der Waals surface area contributed by atoms with Crippen LogP contribution in [0.2, 0.25) is 5.02 Å². The third-order valence-electron chi connectivity index (χ3n) is 2.90. The van der Waals surface area contributed by atoms with Crippen molar-refractivity contribution >= 4 is 37.6 Å². The van der Waals surface area contributed by atoms with Crippen LogP contribution in [0.25, 0.3) is 0 Å². The van der Waals surface area contributed by atoms with Crippen molar-refractivity contribution < 1.29 is 12.8 Å². The summed E-state index contributed by atoms with van der Waals surface area (Å²) < 4.78 is 40.6. The molecule has 0 fully saturated rings. The molecule has 0 spiro atoms. The molecule has 0 radical (unpaired) electrons. The van der Waals surface area contributed by atoms with Gasteiger partial charge in [0.2, 0.25) is 10.0 Å². The van der Waals surface area contributed by atoms with Crippen molar-refractivity contribution in [1.82, 2.24) is 4.72 Å². The largest absolute Gasteiger partial charge is 0.241 e. The molecule has 2 aromatic carbocycles. The highest BCUT2D eigenvalue weighted by Crippen LogP contribution is 2.22. The highest BCUT2D eigenvalue weighted by molar-refractivity contribution is 9.10. The zero-order valence-corrected chi connectivity index (χ0v) is 14.1. The Bertz CT molecular complexity index is 750. The van der Waals surface area contributed by atoms with Gasteiger partial charge < -0.3 is 0 Å². The van der Waals surface area contributed by atoms with Crippen LogP contribution in [-0.2, 0) is 10.0 Å². The summed E-state index contributed by atoms with van der Waals surface area (Å²) in [6, 6.07) is 10.0. The fraction of sp³-hybridized carbons (Fsp3) is 0.143. The van der Waals surface area contributed by atoms with Gasteiger partial charge in [0.15, 0.2) is 0 Å². The second-order valence-corrected chi connectivity index (χ2v) is 7.48. The minimum absolute atomic E-state index is 0.121. The minimum atomic E-state index is -3.80. The Morgan fingerprint density at radius 3 is 2.38 bits per heavy atom. The molecule has 0 heterocycles. The van der Waals surface area contributed by atoms with Gasteiger partial charge in [0.1, 0.15) is 5.82 Å². The molecule has 0 amide bonds. The summed E-state index contributed by atoms with van der Waals surface area (Å²) in [5.41, 5.74) is 0.764. The van der Waals surface area contributed by atoms with E-state index in [-0.39, 0.29) is 9.37 Å². The maximum absolute atomic E-state index is 13.5. The lowest BCUT2D eigenvalue weighted by atomic mass is 10.1. The van der Waals surface area contributed by atoms with E-state index in [9.17, 15) is 12.8 Å². The molecular weight excluding hydrogens is 381 g/mol. The van der Waals surface area contributed by atoms with Gasteiger partial charge in [-0.25, -0.2) is 17.5 Å². The quantitative estimate of drug-likeness (QED) is 0.844. The lowest BCUT2D eigenvalue weighted by Crippen LogP contribution is -2.27. The first-order valence-electron chi connectivity index (χ1n) is 6.02. The fourth-order valence-electron chi connectivity index (χ4n) is 1.76. The molecule has 2 aromatic rings. The van der Waals surface area contributed by atoms with Gasteiger partial charge >= 0.3 is 0 Å². The third kappa shape index (κ3) is 4.03. The maximum Gasteiger partial charge on any atom is 0.241 e. The number of nitrogens with one attached hydrogen (secondary N) is 1. The molecule has 0 aliphatic carbocycles. The zero-order valence-electron chi connectivity index (χ0n) is 11.0. The molecule has 7 heteroatoms. The van der Waals surface area contributed by atoms with Crippen LogP contribution in [0.15, 0.2) is 51.8 Å². The SMILES string of the molecule is CC(NS(=O)(=O)c1ccc(Br)c(F)c1)c1ccc(Cl)cc1. The molecule has 0 aromatic heterocycles. The average Bonchev–Trinajstić information content (AvgIpc) is 2.42. The summed E-state index contributed by atoms with van der Waals surface area (Å²) >= 11 is 8.78. The number of sulfonamides is 1. The second-order valence-electron chi connectivity index (χ2n) is 4.47. The second kappa shape index (κ2) is 6.44. The molecule has 0 aliphatic rings. The number of rotatable bonds is 4. The van der Waals surface area contributed by atoms with E-state index in [4.69, 9.17) is 11.6 Å². The predicted molar refractivity (Wildman–Crippen MR) is 84.3 cm³/mol. The van der Waals surface area contributed by atoms with Crippen molar-refractivity contribution in [3.8, 4) is 0 Å². The first-order valence-corrected chi connectivity index (χ1v) is 8.68. The van der Waals surface area contributed by atoms with Crippen molar-refractivity contribution in [3.63, 3.8) is 0 Å². The summed E-state index contributed by atoms with van der Waals surface area (Å²) in [5.74, 6) is -0.628. The van der Waals surface area contributed by atoms with E-state index >= 15 is 0 Å². The van der Waals surface area contributed by atoms with E-state index in [1.807, 2.05) is 0 Å². The highest BCUT2D eigenvalue weighted by atomic mass is 79.9. The zero-order chi connectivity index (χ0) is 15.6. The van der Waals surface area contributed by atoms with Crippen LogP contribution in [0.1, 0.15) is 18.5 Å². The van der Waals surface area contributed by atoms with Gasteiger partial charge in [-0.1, -0.05) is 23.7 Å². The van der Waals surface area contributed by atoms with E-state index in [1.165, 1.54) is 12.1 Å². The van der Waals surface area contributed by atoms with Crippen LogP contribution in [0.4, 0.5) is 4.39 Å². The molecule has 1 atom stereocenters. The van der Waals surface area contributed by atoms with Gasteiger partial charge in [-0.2, -0.15) is 0 Å². The van der Waals surface area contributed by atoms with Crippen LogP contribution >= 0.6 is 27.5 Å². The number of hydrogen-bond acceptors (Lipinski definition) is 2. The van der Waals surface area contributed by atoms with Gasteiger partial charge in [-0.15, -0.1) is 0 Å². The van der Waals surface area contributed by atoms with Crippen molar-refractivity contribution in [3.05, 3.63) is 63.3 Å². The Labute approximate surface area is 136 Å². The summed E-state index contributed by atoms with van der Waals surface area (Å²) in [5, 5.41) is 0.573. The Kier molecular flexibility index (Phi) is 5.03. The van der Waals surface area contributed by atoms with Crippen LogP contribution in [0.3, 0.4) is 0 Å². The molecule has 3 nitrogen and oxygen atoms in total. The summed E-state index contributed by atoms with van der Waals surface area (Å²) in [4.78, 5) is -0.121. The van der Waals surface area contributed by atoms with Crippen molar-refractivity contribution in [2.75, 3.05) is 0 Å². The van der Waals surface area contributed by atoms with Gasteiger partial charge in [0.05, 0.1) is 9.37 Å². The predicted octanol–water partition coefficient (Wildman–Crippen LogP) is 4.28. The van der Waals surface area contributed by atoms with Crippen LogP contribution in [0, 0.1) is 5.82 Å². The number of halogens is 3. The normalized spacial score (nSPS) is 13.1. The van der Waals surface area contributed by atoms with E-state index in [0.717, 1.165) is 11.6 Å². The smallest absolute Gasteiger partial charge is 0.207 e. The lowest BCUT2D eigenvalue weighted by molar-refractivity contribution is 0.563. The van der Waals surface area contributed by atoms with Gasteiger partial charge in [0, 0.05) is 11.1 Å². The van der Waals surface area contributed by atoms with Crippen LogP contribution < -0.4 is 4.72 Å². The average molecular weight is 393 g/mol. The molecule has 0 saturated heterocycles. The topological polar surface area (TPSA) is 46.2 Å². The molecule has 0 bridgehead atoms. The van der Waals surface area contributed by atoms with Crippen molar-refractivity contribution in [2.45, 2.75) is 17.9 Å². The summed E-state index contributed by atoms with van der Waals surface area (Å²) in [7, 11) is -3.80. The van der Waals surface area contributed by atoms with Crippen LogP contribution in [0.5, 0.6) is 0 Å². The van der Waals surface area contributed by atoms with Gasteiger partial charge in [-0.05, 0) is 58.7 Å². The number of hydrogen-bond donors (Lipinski definition) is 1. The Hall–Kier alpha value is -0.950. The highest BCUT2D eigenvalue weighted by Gasteiger charge is 2.19. The molecule has 2 rings (SSSR count). The fourth-order valence-corrected chi connectivity index (χ4v) is 3.38. The monoisotopic (exact) mass is 391 g/mol. The first kappa shape index (κ1) is 16.4. The van der Waals surface area contributed by atoms with Gasteiger partial charge in [-0.3, -0.25) is 0 Å². The standard InChI is InChI=1S/C14H12BrClFNO2S/c1-9(10-2-4-11(16)5-3-10)18-21(19,20)12-6-7-13(15)14(17)8-12/h2-9,18H,1H3. The Balaban J connectivity index is 2.24. The molecule has 21 heavy (non-hydrogen) atoms. The molecule has 1 unspecified atom stereocenters. The molecule has 1 N–H and O–H groups in total. The molecule has 0 aliphatic heterocycles. The van der Waals surface area contributed by atoms with Crippen molar-refractivity contribution in [2.24, 2.45) is 0 Å². The summed E-state index contributed by atoms with van der Waals surface area (Å²) in [6.45, 7) is 1.70. The molecule has 0 saturated carbocycles. The molecule has 112 valence electrons. The van der Waals surface area contributed by atoms with E-state index in [0.29, 0.717) is 5.02 Å². The van der Waals surface area contributed by atoms with E-state index in [1.54, 1.807) is 31.2 Å². The Morgan fingerprint density at radius 1 is 1.19 bits per heavy atom. The van der Waals surface area contributed by atoms with Crippen LogP contribution in [-0.4, -0.2) is 8.42 Å². The lowest BCUT2D eigenvalue weighted by Gasteiger charge is -2.15. The Morgan fingerprint density at radius 2 is 1.81 bits per heavy atom. The van der Waals surface area contributed by atoms with Crippen molar-refractivity contribution in [1.29, 1.82) is 0 Å². The van der Waals surface area contributed by atoms with Gasteiger partial charge in [0.25, 0.3) is 0 Å². The minimum Gasteiger partial charge on any atom is -0.207 e. The molecular formula is C14H12BrClFNO2S. The summed E-state index contributed by atoms with van der Waals surface area (Å²) in [6.07, 6.45) is 0. The number of benzene rings is 2. The third-order valence-corrected chi connectivity index (χ3v) is 5.34.